The standard InChI is InChI=1S/C17H28N2/c1-4-15-5-7-17(8-6-15)14(2)19-11-9-16(10-12-19)13-18-3/h5-8,14,16,18H,4,9-13H2,1-3H3. The molecule has 106 valence electrons. The van der Waals surface area contributed by atoms with Crippen molar-refractivity contribution in [2.24, 2.45) is 5.92 Å². The fraction of sp³-hybridized carbons (Fsp3) is 0.647. The van der Waals surface area contributed by atoms with Crippen molar-refractivity contribution in [1.29, 1.82) is 0 Å². The third kappa shape index (κ3) is 3.80. The fourth-order valence-electron chi connectivity index (χ4n) is 3.08. The van der Waals surface area contributed by atoms with E-state index < -0.39 is 0 Å². The van der Waals surface area contributed by atoms with E-state index in [1.165, 1.54) is 43.6 Å². The molecule has 1 atom stereocenters. The van der Waals surface area contributed by atoms with Gasteiger partial charge in [0.2, 0.25) is 0 Å². The molecule has 0 spiro atoms. The quantitative estimate of drug-likeness (QED) is 0.874. The second kappa shape index (κ2) is 7.06. The zero-order valence-electron chi connectivity index (χ0n) is 12.7. The van der Waals surface area contributed by atoms with Crippen LogP contribution >= 0.6 is 0 Å². The van der Waals surface area contributed by atoms with Crippen molar-refractivity contribution in [3.05, 3.63) is 35.4 Å². The van der Waals surface area contributed by atoms with E-state index in [-0.39, 0.29) is 0 Å². The van der Waals surface area contributed by atoms with Crippen molar-refractivity contribution < 1.29 is 0 Å². The van der Waals surface area contributed by atoms with Gasteiger partial charge >= 0.3 is 0 Å². The topological polar surface area (TPSA) is 15.3 Å². The first-order valence-electron chi connectivity index (χ1n) is 7.72. The maximum atomic E-state index is 3.31. The number of likely N-dealkylation sites (tertiary alicyclic amines) is 1. The van der Waals surface area contributed by atoms with Crippen LogP contribution in [0.5, 0.6) is 0 Å². The van der Waals surface area contributed by atoms with Gasteiger partial charge in [-0.3, -0.25) is 4.90 Å². The number of hydrogen-bond donors (Lipinski definition) is 1. The van der Waals surface area contributed by atoms with E-state index in [0.29, 0.717) is 6.04 Å². The number of benzene rings is 1. The van der Waals surface area contributed by atoms with Gasteiger partial charge in [-0.05, 0) is 69.9 Å². The maximum absolute atomic E-state index is 3.31. The van der Waals surface area contributed by atoms with Crippen molar-refractivity contribution in [1.82, 2.24) is 10.2 Å². The lowest BCUT2D eigenvalue weighted by Gasteiger charge is -2.36. The summed E-state index contributed by atoms with van der Waals surface area (Å²) in [7, 11) is 2.06. The van der Waals surface area contributed by atoms with Gasteiger partial charge in [0.05, 0.1) is 0 Å². The molecule has 1 heterocycles. The molecule has 1 aromatic carbocycles. The third-order valence-electron chi connectivity index (χ3n) is 4.56. The first-order valence-corrected chi connectivity index (χ1v) is 7.72. The minimum absolute atomic E-state index is 0.557. The van der Waals surface area contributed by atoms with Crippen LogP contribution in [0, 0.1) is 5.92 Å². The number of nitrogens with one attached hydrogen (secondary N) is 1. The van der Waals surface area contributed by atoms with Crippen molar-refractivity contribution in [3.63, 3.8) is 0 Å². The normalized spacial score (nSPS) is 19.5. The van der Waals surface area contributed by atoms with Crippen LogP contribution in [0.4, 0.5) is 0 Å². The van der Waals surface area contributed by atoms with Gasteiger partial charge in [-0.2, -0.15) is 0 Å². The fourth-order valence-corrected chi connectivity index (χ4v) is 3.08. The van der Waals surface area contributed by atoms with E-state index in [9.17, 15) is 0 Å². The van der Waals surface area contributed by atoms with Crippen LogP contribution < -0.4 is 5.32 Å². The third-order valence-corrected chi connectivity index (χ3v) is 4.56. The maximum Gasteiger partial charge on any atom is 0.0319 e. The summed E-state index contributed by atoms with van der Waals surface area (Å²) >= 11 is 0. The first kappa shape index (κ1) is 14.5. The van der Waals surface area contributed by atoms with Crippen LogP contribution in [-0.2, 0) is 6.42 Å². The largest absolute Gasteiger partial charge is 0.319 e. The van der Waals surface area contributed by atoms with Crippen molar-refractivity contribution in [2.75, 3.05) is 26.7 Å². The van der Waals surface area contributed by atoms with Crippen molar-refractivity contribution >= 4 is 0 Å². The Morgan fingerprint density at radius 3 is 2.37 bits per heavy atom. The van der Waals surface area contributed by atoms with Gasteiger partial charge in [-0.1, -0.05) is 31.2 Å². The number of piperidine rings is 1. The van der Waals surface area contributed by atoms with Gasteiger partial charge < -0.3 is 5.32 Å². The van der Waals surface area contributed by atoms with Gasteiger partial charge in [0.1, 0.15) is 0 Å². The number of nitrogens with zero attached hydrogens (tertiary/aromatic N) is 1. The van der Waals surface area contributed by atoms with Crippen molar-refractivity contribution in [2.45, 2.75) is 39.2 Å². The summed E-state index contributed by atoms with van der Waals surface area (Å²) in [5.41, 5.74) is 2.90. The Bertz CT molecular complexity index is 363. The summed E-state index contributed by atoms with van der Waals surface area (Å²) in [6, 6.07) is 9.73. The molecular weight excluding hydrogens is 232 g/mol. The van der Waals surface area contributed by atoms with E-state index in [2.05, 4.69) is 55.4 Å². The predicted octanol–water partition coefficient (Wildman–Crippen LogP) is 3.24. The SMILES string of the molecule is CCc1ccc(C(C)N2CCC(CNC)CC2)cc1. The van der Waals surface area contributed by atoms with E-state index in [1.807, 2.05) is 0 Å². The van der Waals surface area contributed by atoms with Gasteiger partial charge in [0.25, 0.3) is 0 Å². The van der Waals surface area contributed by atoms with Gasteiger partial charge in [0.15, 0.2) is 0 Å². The molecule has 2 nitrogen and oxygen atoms in total. The van der Waals surface area contributed by atoms with Crippen LogP contribution in [0.2, 0.25) is 0 Å². The Balaban J connectivity index is 1.91. The summed E-state index contributed by atoms with van der Waals surface area (Å²) in [6.45, 7) is 8.21. The Hall–Kier alpha value is -0.860. The highest BCUT2D eigenvalue weighted by Gasteiger charge is 2.22. The molecule has 2 rings (SSSR count). The molecule has 0 amide bonds. The lowest BCUT2D eigenvalue weighted by atomic mass is 9.94. The molecule has 0 saturated carbocycles. The zero-order valence-corrected chi connectivity index (χ0v) is 12.7. The highest BCUT2D eigenvalue weighted by atomic mass is 15.2. The molecular formula is C17H28N2. The molecule has 0 radical (unpaired) electrons. The van der Waals surface area contributed by atoms with Crippen LogP contribution in [0.25, 0.3) is 0 Å². The summed E-state index contributed by atoms with van der Waals surface area (Å²) < 4.78 is 0. The minimum atomic E-state index is 0.557. The van der Waals surface area contributed by atoms with Crippen LogP contribution in [0.1, 0.15) is 43.9 Å². The predicted molar refractivity (Wildman–Crippen MR) is 82.5 cm³/mol. The van der Waals surface area contributed by atoms with Crippen LogP contribution in [0.3, 0.4) is 0 Å². The average Bonchev–Trinajstić information content (AvgIpc) is 2.48. The molecule has 1 fully saturated rings. The smallest absolute Gasteiger partial charge is 0.0319 e. The van der Waals surface area contributed by atoms with E-state index in [1.54, 1.807) is 0 Å². The number of hydrogen-bond acceptors (Lipinski definition) is 2. The summed E-state index contributed by atoms with van der Waals surface area (Å²) in [6.07, 6.45) is 3.79. The second-order valence-corrected chi connectivity index (χ2v) is 5.81. The number of rotatable bonds is 5. The zero-order chi connectivity index (χ0) is 13.7. The van der Waals surface area contributed by atoms with Crippen molar-refractivity contribution in [3.8, 4) is 0 Å². The average molecular weight is 260 g/mol. The highest BCUT2D eigenvalue weighted by molar-refractivity contribution is 5.24. The Morgan fingerprint density at radius 2 is 1.84 bits per heavy atom. The molecule has 1 aliphatic heterocycles. The Labute approximate surface area is 118 Å². The highest BCUT2D eigenvalue weighted by Crippen LogP contribution is 2.26. The lowest BCUT2D eigenvalue weighted by molar-refractivity contribution is 0.141. The van der Waals surface area contributed by atoms with E-state index >= 15 is 0 Å². The molecule has 2 heteroatoms. The van der Waals surface area contributed by atoms with E-state index in [0.717, 1.165) is 12.3 Å². The monoisotopic (exact) mass is 260 g/mol. The molecule has 0 aromatic heterocycles. The van der Waals surface area contributed by atoms with Crippen LogP contribution in [0.15, 0.2) is 24.3 Å². The van der Waals surface area contributed by atoms with E-state index in [4.69, 9.17) is 0 Å². The molecule has 1 aromatic rings. The molecule has 1 aliphatic rings. The lowest BCUT2D eigenvalue weighted by Crippen LogP contribution is -2.38. The summed E-state index contributed by atoms with van der Waals surface area (Å²) in [4.78, 5) is 2.63. The van der Waals surface area contributed by atoms with Gasteiger partial charge in [-0.15, -0.1) is 0 Å². The second-order valence-electron chi connectivity index (χ2n) is 5.81. The Morgan fingerprint density at radius 1 is 1.21 bits per heavy atom. The molecule has 1 unspecified atom stereocenters. The summed E-state index contributed by atoms with van der Waals surface area (Å²) in [5, 5.41) is 3.31. The van der Waals surface area contributed by atoms with Crippen LogP contribution in [-0.4, -0.2) is 31.6 Å². The molecule has 19 heavy (non-hydrogen) atoms. The molecule has 0 bridgehead atoms. The Kier molecular flexibility index (Phi) is 5.41. The summed E-state index contributed by atoms with van der Waals surface area (Å²) in [5.74, 6) is 0.871. The number of aryl methyl sites for hydroxylation is 1. The molecule has 1 saturated heterocycles. The first-order chi connectivity index (χ1) is 9.24. The molecule has 1 N–H and O–H groups in total. The minimum Gasteiger partial charge on any atom is -0.319 e. The van der Waals surface area contributed by atoms with Gasteiger partial charge in [0, 0.05) is 6.04 Å². The molecule has 0 aliphatic carbocycles. The van der Waals surface area contributed by atoms with Gasteiger partial charge in [-0.25, -0.2) is 0 Å².